The molecule has 1 aliphatic heterocycles. The number of rotatable bonds is 7. The molecule has 0 unspecified atom stereocenters. The Kier molecular flexibility index (Phi) is 6.25. The third-order valence-corrected chi connectivity index (χ3v) is 6.86. The number of carbonyl (C=O) groups excluding carboxylic acids is 1. The molecule has 3 heterocycles. The molecule has 190 valence electrons. The fourth-order valence-corrected chi connectivity index (χ4v) is 4.58. The summed E-state index contributed by atoms with van der Waals surface area (Å²) in [5.74, 6) is -0.821. The van der Waals surface area contributed by atoms with Crippen molar-refractivity contribution in [2.24, 2.45) is 0 Å². The van der Waals surface area contributed by atoms with Crippen LogP contribution in [0.1, 0.15) is 60.8 Å². The third kappa shape index (κ3) is 4.82. The van der Waals surface area contributed by atoms with Crippen LogP contribution in [-0.4, -0.2) is 33.9 Å². The number of pyridine rings is 1. The van der Waals surface area contributed by atoms with Gasteiger partial charge < -0.3 is 21.3 Å². The van der Waals surface area contributed by atoms with Gasteiger partial charge in [0, 0.05) is 30.5 Å². The summed E-state index contributed by atoms with van der Waals surface area (Å²) < 4.78 is 14.7. The van der Waals surface area contributed by atoms with Crippen molar-refractivity contribution in [1.82, 2.24) is 25.6 Å². The van der Waals surface area contributed by atoms with Crippen LogP contribution in [-0.2, 0) is 17.4 Å². The Hall–Kier alpha value is -4.10. The average molecular weight is 501 g/mol. The first-order valence-electron chi connectivity index (χ1n) is 12.4. The molecule has 1 aromatic carbocycles. The average Bonchev–Trinajstić information content (AvgIpc) is 3.65. The van der Waals surface area contributed by atoms with Gasteiger partial charge in [-0.05, 0) is 75.4 Å². The molecule has 0 bridgehead atoms. The van der Waals surface area contributed by atoms with Crippen molar-refractivity contribution < 1.29 is 9.18 Å². The number of hydrogen-bond donors (Lipinski definition) is 4. The molecule has 37 heavy (non-hydrogen) atoms. The summed E-state index contributed by atoms with van der Waals surface area (Å²) in [7, 11) is 0. The van der Waals surface area contributed by atoms with E-state index in [2.05, 4.69) is 54.4 Å². The minimum Gasteiger partial charge on any atom is -0.352 e. The number of nitrogens with zero attached hydrogens (tertiary/aromatic N) is 4. The number of anilines is 4. The van der Waals surface area contributed by atoms with Crippen molar-refractivity contribution in [1.29, 1.82) is 5.26 Å². The topological polar surface area (TPSA) is 128 Å². The van der Waals surface area contributed by atoms with E-state index in [4.69, 9.17) is 0 Å². The summed E-state index contributed by atoms with van der Waals surface area (Å²) in [6.07, 6.45) is 4.65. The van der Waals surface area contributed by atoms with Crippen LogP contribution in [0.3, 0.4) is 0 Å². The summed E-state index contributed by atoms with van der Waals surface area (Å²) in [5, 5.41) is 21.9. The van der Waals surface area contributed by atoms with E-state index in [0.29, 0.717) is 12.2 Å². The first-order chi connectivity index (χ1) is 17.7. The molecule has 10 heteroatoms. The van der Waals surface area contributed by atoms with Gasteiger partial charge in [0.05, 0.1) is 17.2 Å². The van der Waals surface area contributed by atoms with Crippen molar-refractivity contribution in [3.8, 4) is 6.07 Å². The zero-order valence-electron chi connectivity index (χ0n) is 21.1. The largest absolute Gasteiger partial charge is 0.352 e. The number of carbonyl (C=O) groups is 1. The molecule has 1 saturated carbocycles. The quantitative estimate of drug-likeness (QED) is 0.380. The van der Waals surface area contributed by atoms with E-state index in [1.807, 2.05) is 6.07 Å². The Labute approximate surface area is 214 Å². The summed E-state index contributed by atoms with van der Waals surface area (Å²) in [5.41, 5.74) is 3.22. The van der Waals surface area contributed by atoms with Gasteiger partial charge in [0.1, 0.15) is 11.4 Å². The second-order valence-corrected chi connectivity index (χ2v) is 9.96. The van der Waals surface area contributed by atoms with Gasteiger partial charge in [0.15, 0.2) is 11.6 Å². The minimum absolute atomic E-state index is 0.0980. The molecule has 4 N–H and O–H groups in total. The van der Waals surface area contributed by atoms with E-state index in [-0.39, 0.29) is 28.7 Å². The fraction of sp³-hybridized carbons (Fsp3) is 0.370. The molecule has 0 saturated heterocycles. The number of nitrogens with one attached hydrogen (secondary N) is 4. The molecule has 0 atom stereocenters. The van der Waals surface area contributed by atoms with Crippen molar-refractivity contribution >= 4 is 29.2 Å². The lowest BCUT2D eigenvalue weighted by Gasteiger charge is -2.27. The number of hydrogen-bond acceptors (Lipinski definition) is 8. The van der Waals surface area contributed by atoms with Gasteiger partial charge in [-0.1, -0.05) is 6.07 Å². The second kappa shape index (κ2) is 9.41. The molecule has 9 nitrogen and oxygen atoms in total. The van der Waals surface area contributed by atoms with Gasteiger partial charge in [-0.25, -0.2) is 14.4 Å². The van der Waals surface area contributed by atoms with E-state index in [1.165, 1.54) is 29.5 Å². The molecular formula is C27H29FN8O. The van der Waals surface area contributed by atoms with Gasteiger partial charge in [-0.2, -0.15) is 10.2 Å². The Morgan fingerprint density at radius 1 is 1.19 bits per heavy atom. The molecule has 2 aliphatic rings. The third-order valence-electron chi connectivity index (χ3n) is 6.86. The first kappa shape index (κ1) is 24.6. The highest BCUT2D eigenvalue weighted by molar-refractivity contribution is 5.99. The molecule has 0 radical (unpaired) electrons. The number of fused-ring (bicyclic) bond motifs is 2. The van der Waals surface area contributed by atoms with E-state index in [1.54, 1.807) is 20.8 Å². The Morgan fingerprint density at radius 2 is 2.00 bits per heavy atom. The van der Waals surface area contributed by atoms with Crippen molar-refractivity contribution in [2.45, 2.75) is 51.0 Å². The van der Waals surface area contributed by atoms with Crippen molar-refractivity contribution in [3.63, 3.8) is 0 Å². The van der Waals surface area contributed by atoms with Crippen LogP contribution in [0.15, 0.2) is 36.5 Å². The fourth-order valence-electron chi connectivity index (χ4n) is 4.58. The van der Waals surface area contributed by atoms with Crippen LogP contribution < -0.4 is 21.3 Å². The molecule has 3 aromatic rings. The molecule has 2 aromatic heterocycles. The number of nitriles is 1. The minimum atomic E-state index is -0.925. The van der Waals surface area contributed by atoms with Crippen molar-refractivity contribution in [3.05, 3.63) is 64.7 Å². The van der Waals surface area contributed by atoms with Crippen LogP contribution in [0.5, 0.6) is 0 Å². The van der Waals surface area contributed by atoms with Crippen LogP contribution >= 0.6 is 0 Å². The van der Waals surface area contributed by atoms with E-state index < -0.39 is 17.1 Å². The Balaban J connectivity index is 1.47. The zero-order chi connectivity index (χ0) is 26.2. The highest BCUT2D eigenvalue weighted by Gasteiger charge is 2.46. The highest BCUT2D eigenvalue weighted by atomic mass is 19.1. The molecule has 1 amide bonds. The summed E-state index contributed by atoms with van der Waals surface area (Å²) in [6, 6.07) is 11.1. The number of benzene rings is 1. The van der Waals surface area contributed by atoms with Crippen LogP contribution in [0.2, 0.25) is 0 Å². The van der Waals surface area contributed by atoms with Gasteiger partial charge in [0.25, 0.3) is 5.91 Å². The van der Waals surface area contributed by atoms with Crippen LogP contribution in [0, 0.1) is 17.1 Å². The van der Waals surface area contributed by atoms with Crippen LogP contribution in [0.25, 0.3) is 0 Å². The normalized spacial score (nSPS) is 15.4. The maximum Gasteiger partial charge on any atom is 0.256 e. The number of halogens is 1. The van der Waals surface area contributed by atoms with Gasteiger partial charge in [-0.15, -0.1) is 0 Å². The zero-order valence-corrected chi connectivity index (χ0v) is 21.1. The predicted molar refractivity (Wildman–Crippen MR) is 138 cm³/mol. The van der Waals surface area contributed by atoms with Crippen molar-refractivity contribution in [2.75, 3.05) is 23.7 Å². The highest BCUT2D eigenvalue weighted by Crippen LogP contribution is 2.49. The summed E-state index contributed by atoms with van der Waals surface area (Å²) in [6.45, 7) is 6.55. The first-order valence-corrected chi connectivity index (χ1v) is 12.4. The van der Waals surface area contributed by atoms with Gasteiger partial charge >= 0.3 is 0 Å². The summed E-state index contributed by atoms with van der Waals surface area (Å²) >= 11 is 0. The monoisotopic (exact) mass is 500 g/mol. The second-order valence-electron chi connectivity index (χ2n) is 9.96. The van der Waals surface area contributed by atoms with Crippen LogP contribution in [0.4, 0.5) is 27.7 Å². The number of amides is 1. The van der Waals surface area contributed by atoms with E-state index >= 15 is 0 Å². The predicted octanol–water partition coefficient (Wildman–Crippen LogP) is 4.18. The Morgan fingerprint density at radius 3 is 2.73 bits per heavy atom. The van der Waals surface area contributed by atoms with E-state index in [0.717, 1.165) is 31.5 Å². The molecule has 1 fully saturated rings. The lowest BCUT2D eigenvalue weighted by atomic mass is 9.91. The standard InChI is InChI=1S/C27H29FN8O/c1-4-30-24(37)18-14-31-25(33-17-5-6-19-16(13-17)9-12-32-27(19)10-11-27)36-22(18)35-23-20(28)7-8-21(34-23)26(2,3)15-29/h5-8,13-14,32H,4,9-12H2,1-3H3,(H,30,37)(H2,31,33,34,35,36). The van der Waals surface area contributed by atoms with Gasteiger partial charge in [-0.3, -0.25) is 4.79 Å². The maximum absolute atomic E-state index is 14.7. The van der Waals surface area contributed by atoms with Gasteiger partial charge in [0.2, 0.25) is 5.95 Å². The lowest BCUT2D eigenvalue weighted by molar-refractivity contribution is 0.0956. The molecule has 1 spiro atoms. The summed E-state index contributed by atoms with van der Waals surface area (Å²) in [4.78, 5) is 25.8. The smallest absolute Gasteiger partial charge is 0.256 e. The molecular weight excluding hydrogens is 471 g/mol. The van der Waals surface area contributed by atoms with E-state index in [9.17, 15) is 14.4 Å². The number of aromatic nitrogens is 3. The SMILES string of the molecule is CCNC(=O)c1cnc(Nc2ccc3c(c2)CCNC32CC2)nc1Nc1nc(C(C)(C)C#N)ccc1F. The lowest BCUT2D eigenvalue weighted by Crippen LogP contribution is -2.36. The molecule has 5 rings (SSSR count). The Bertz CT molecular complexity index is 1410. The molecule has 1 aliphatic carbocycles. The maximum atomic E-state index is 14.7.